The molecule has 0 saturated heterocycles. The number of carbonyl (C=O) groups excluding carboxylic acids is 1. The van der Waals surface area contributed by atoms with Crippen molar-refractivity contribution >= 4 is 33.2 Å². The molecule has 0 aliphatic rings. The molecule has 0 fully saturated rings. The lowest BCUT2D eigenvalue weighted by molar-refractivity contribution is 0.0946. The monoisotopic (exact) mass is 305 g/mol. The van der Waals surface area contributed by atoms with Crippen molar-refractivity contribution < 1.29 is 13.2 Å². The fraction of sp³-hybridized carbons (Fsp3) is 0.455. The molecule has 3 N–H and O–H groups in total. The van der Waals surface area contributed by atoms with Crippen molar-refractivity contribution in [1.82, 2.24) is 10.3 Å². The van der Waals surface area contributed by atoms with Gasteiger partial charge in [0.15, 0.2) is 9.84 Å². The minimum absolute atomic E-state index is 0.0223. The first kappa shape index (κ1) is 15.7. The molecule has 8 heteroatoms. The molecule has 0 atom stereocenters. The average Bonchev–Trinajstić information content (AvgIpc) is 2.28. The van der Waals surface area contributed by atoms with Gasteiger partial charge in [-0.25, -0.2) is 13.4 Å². The fourth-order valence-electron chi connectivity index (χ4n) is 1.12. The third-order valence-electron chi connectivity index (χ3n) is 2.76. The fourth-order valence-corrected chi connectivity index (χ4v) is 1.65. The summed E-state index contributed by atoms with van der Waals surface area (Å²) >= 11 is 5.83. The predicted octanol–water partition coefficient (Wildman–Crippen LogP) is 0.870. The lowest BCUT2D eigenvalue weighted by Gasteiger charge is -2.22. The Labute approximate surface area is 117 Å². The van der Waals surface area contributed by atoms with Crippen molar-refractivity contribution in [3.8, 4) is 0 Å². The van der Waals surface area contributed by atoms with Gasteiger partial charge in [0.2, 0.25) is 0 Å². The minimum atomic E-state index is -3.29. The summed E-state index contributed by atoms with van der Waals surface area (Å²) in [6, 6.07) is 2.93. The Morgan fingerprint density at radius 2 is 2.05 bits per heavy atom. The van der Waals surface area contributed by atoms with Gasteiger partial charge in [-0.3, -0.25) is 4.79 Å². The maximum Gasteiger partial charge on any atom is 0.271 e. The highest BCUT2D eigenvalue weighted by molar-refractivity contribution is 7.92. The molecular formula is C11H16ClN3O3S. The molecule has 0 aromatic carbocycles. The molecular weight excluding hydrogens is 290 g/mol. The third kappa shape index (κ3) is 3.81. The number of hydrogen-bond acceptors (Lipinski definition) is 5. The van der Waals surface area contributed by atoms with Crippen LogP contribution in [0, 0.1) is 0 Å². The third-order valence-corrected chi connectivity index (χ3v) is 5.22. The molecule has 19 heavy (non-hydrogen) atoms. The van der Waals surface area contributed by atoms with Gasteiger partial charge in [-0.05, 0) is 26.0 Å². The van der Waals surface area contributed by atoms with Crippen molar-refractivity contribution in [2.45, 2.75) is 18.6 Å². The second-order valence-corrected chi connectivity index (χ2v) is 7.84. The minimum Gasteiger partial charge on any atom is -0.384 e. The number of nitrogens with two attached hydrogens (primary N) is 1. The zero-order valence-corrected chi connectivity index (χ0v) is 12.5. The summed E-state index contributed by atoms with van der Waals surface area (Å²) in [5.74, 6) is -0.397. The predicted molar refractivity (Wildman–Crippen MR) is 74.9 cm³/mol. The molecule has 0 radical (unpaired) electrons. The number of aromatic nitrogens is 1. The summed E-state index contributed by atoms with van der Waals surface area (Å²) in [7, 11) is -3.29. The van der Waals surface area contributed by atoms with E-state index in [-0.39, 0.29) is 23.1 Å². The Morgan fingerprint density at radius 3 is 2.58 bits per heavy atom. The van der Waals surface area contributed by atoms with Crippen molar-refractivity contribution in [2.24, 2.45) is 0 Å². The van der Waals surface area contributed by atoms with E-state index in [4.69, 9.17) is 17.3 Å². The molecule has 1 aromatic heterocycles. The first-order valence-electron chi connectivity index (χ1n) is 5.44. The number of sulfone groups is 1. The van der Waals surface area contributed by atoms with Crippen LogP contribution in [0.25, 0.3) is 0 Å². The van der Waals surface area contributed by atoms with Crippen molar-refractivity contribution in [1.29, 1.82) is 0 Å². The standard InChI is InChI=1S/C11H16ClN3O3S/c1-11(2,19(3,17)18)6-14-10(16)9-7(12)4-5-8(13)15-9/h4-5H,6H2,1-3H3,(H2,13,15)(H,14,16). The molecule has 1 aromatic rings. The van der Waals surface area contributed by atoms with Gasteiger partial charge in [-0.1, -0.05) is 11.6 Å². The zero-order chi connectivity index (χ0) is 14.8. The average molecular weight is 306 g/mol. The molecule has 0 aliphatic heterocycles. The molecule has 1 rings (SSSR count). The maximum absolute atomic E-state index is 11.9. The number of hydrogen-bond donors (Lipinski definition) is 2. The maximum atomic E-state index is 11.9. The Morgan fingerprint density at radius 1 is 1.47 bits per heavy atom. The number of nitrogen functional groups attached to an aromatic ring is 1. The molecule has 0 saturated carbocycles. The number of anilines is 1. The Kier molecular flexibility index (Phi) is 4.42. The first-order valence-corrected chi connectivity index (χ1v) is 7.71. The Bertz CT molecular complexity index is 599. The number of pyridine rings is 1. The van der Waals surface area contributed by atoms with Crippen LogP contribution in [0.3, 0.4) is 0 Å². The SMILES string of the molecule is CC(C)(CNC(=O)c1nc(N)ccc1Cl)S(C)(=O)=O. The summed E-state index contributed by atoms with van der Waals surface area (Å²) in [5, 5.41) is 2.65. The van der Waals surface area contributed by atoms with Crippen LogP contribution in [-0.2, 0) is 9.84 Å². The number of rotatable bonds is 4. The van der Waals surface area contributed by atoms with Crippen LogP contribution < -0.4 is 11.1 Å². The van der Waals surface area contributed by atoms with Gasteiger partial charge < -0.3 is 11.1 Å². The summed E-state index contributed by atoms with van der Waals surface area (Å²) in [6.45, 7) is 3.01. The van der Waals surface area contributed by atoms with E-state index >= 15 is 0 Å². The van der Waals surface area contributed by atoms with Gasteiger partial charge in [0, 0.05) is 12.8 Å². The van der Waals surface area contributed by atoms with E-state index in [0.717, 1.165) is 6.26 Å². The van der Waals surface area contributed by atoms with Gasteiger partial charge in [0.25, 0.3) is 5.91 Å². The second-order valence-electron chi connectivity index (χ2n) is 4.78. The number of nitrogens with zero attached hydrogens (tertiary/aromatic N) is 1. The van der Waals surface area contributed by atoms with E-state index in [1.165, 1.54) is 26.0 Å². The van der Waals surface area contributed by atoms with Crippen LogP contribution in [-0.4, -0.2) is 36.9 Å². The van der Waals surface area contributed by atoms with E-state index in [1.54, 1.807) is 0 Å². The summed E-state index contributed by atoms with van der Waals surface area (Å²) in [6.07, 6.45) is 1.12. The second kappa shape index (κ2) is 5.34. The van der Waals surface area contributed by atoms with Crippen molar-refractivity contribution in [2.75, 3.05) is 18.5 Å². The van der Waals surface area contributed by atoms with Crippen LogP contribution in [0.15, 0.2) is 12.1 Å². The number of nitrogens with one attached hydrogen (secondary N) is 1. The smallest absolute Gasteiger partial charge is 0.271 e. The summed E-state index contributed by atoms with van der Waals surface area (Å²) < 4.78 is 21.9. The Balaban J connectivity index is 2.85. The van der Waals surface area contributed by atoms with Gasteiger partial charge in [-0.2, -0.15) is 0 Å². The molecule has 0 aliphatic carbocycles. The Hall–Kier alpha value is -1.34. The van der Waals surface area contributed by atoms with E-state index in [0.29, 0.717) is 0 Å². The van der Waals surface area contributed by atoms with Gasteiger partial charge in [0.05, 0.1) is 9.77 Å². The van der Waals surface area contributed by atoms with E-state index in [1.807, 2.05) is 0 Å². The highest BCUT2D eigenvalue weighted by atomic mass is 35.5. The highest BCUT2D eigenvalue weighted by Crippen LogP contribution is 2.17. The van der Waals surface area contributed by atoms with E-state index in [2.05, 4.69) is 10.3 Å². The van der Waals surface area contributed by atoms with Crippen LogP contribution in [0.5, 0.6) is 0 Å². The molecule has 1 heterocycles. The highest BCUT2D eigenvalue weighted by Gasteiger charge is 2.31. The number of halogens is 1. The lowest BCUT2D eigenvalue weighted by atomic mass is 10.2. The molecule has 106 valence electrons. The topological polar surface area (TPSA) is 102 Å². The molecule has 0 unspecified atom stereocenters. The number of amides is 1. The number of carbonyl (C=O) groups is 1. The van der Waals surface area contributed by atoms with Crippen LogP contribution in [0.1, 0.15) is 24.3 Å². The van der Waals surface area contributed by atoms with Gasteiger partial charge in [0.1, 0.15) is 11.5 Å². The van der Waals surface area contributed by atoms with Gasteiger partial charge >= 0.3 is 0 Å². The molecule has 1 amide bonds. The van der Waals surface area contributed by atoms with Crippen molar-refractivity contribution in [3.05, 3.63) is 22.8 Å². The molecule has 0 bridgehead atoms. The van der Waals surface area contributed by atoms with Crippen molar-refractivity contribution in [3.63, 3.8) is 0 Å². The largest absolute Gasteiger partial charge is 0.384 e. The first-order chi connectivity index (χ1) is 8.54. The normalized spacial score (nSPS) is 12.2. The van der Waals surface area contributed by atoms with Crippen LogP contribution in [0.4, 0.5) is 5.82 Å². The summed E-state index contributed by atoms with van der Waals surface area (Å²) in [4.78, 5) is 15.7. The molecule has 0 spiro atoms. The van der Waals surface area contributed by atoms with Crippen LogP contribution in [0.2, 0.25) is 5.02 Å². The lowest BCUT2D eigenvalue weighted by Crippen LogP contribution is -2.44. The van der Waals surface area contributed by atoms with Gasteiger partial charge in [-0.15, -0.1) is 0 Å². The summed E-state index contributed by atoms with van der Waals surface area (Å²) in [5.41, 5.74) is 5.45. The quantitative estimate of drug-likeness (QED) is 0.859. The zero-order valence-electron chi connectivity index (χ0n) is 10.9. The van der Waals surface area contributed by atoms with E-state index in [9.17, 15) is 13.2 Å². The van der Waals surface area contributed by atoms with Crippen LogP contribution >= 0.6 is 11.6 Å². The molecule has 6 nitrogen and oxygen atoms in total. The van der Waals surface area contributed by atoms with E-state index < -0.39 is 20.5 Å².